The Morgan fingerprint density at radius 2 is 2.00 bits per heavy atom. The highest BCUT2D eigenvalue weighted by Gasteiger charge is 2.41. The van der Waals surface area contributed by atoms with Gasteiger partial charge in [-0.25, -0.2) is 4.39 Å². The van der Waals surface area contributed by atoms with Crippen LogP contribution in [0.15, 0.2) is 73.4 Å². The van der Waals surface area contributed by atoms with Gasteiger partial charge in [-0.2, -0.15) is 5.26 Å². The number of rotatable bonds is 10. The van der Waals surface area contributed by atoms with Crippen LogP contribution in [0.1, 0.15) is 46.2 Å². The number of hydrogen-bond donors (Lipinski definition) is 1. The molecule has 4 nitrogen and oxygen atoms in total. The van der Waals surface area contributed by atoms with Gasteiger partial charge in [0, 0.05) is 24.7 Å². The van der Waals surface area contributed by atoms with Crippen molar-refractivity contribution < 1.29 is 9.13 Å². The highest BCUT2D eigenvalue weighted by Crippen LogP contribution is 2.45. The molecule has 5 rings (SSSR count). The quantitative estimate of drug-likeness (QED) is 0.218. The van der Waals surface area contributed by atoms with Crippen LogP contribution < -0.4 is 0 Å². The van der Waals surface area contributed by atoms with Crippen LogP contribution in [0.5, 0.6) is 0 Å². The van der Waals surface area contributed by atoms with Gasteiger partial charge >= 0.3 is 0 Å². The van der Waals surface area contributed by atoms with Gasteiger partial charge in [0.1, 0.15) is 11.4 Å². The number of aromatic nitrogens is 1. The van der Waals surface area contributed by atoms with Gasteiger partial charge in [0.2, 0.25) is 0 Å². The van der Waals surface area contributed by atoms with Gasteiger partial charge in [0.05, 0.1) is 28.8 Å². The summed E-state index contributed by atoms with van der Waals surface area (Å²) < 4.78 is 20.3. The van der Waals surface area contributed by atoms with Crippen LogP contribution in [0.25, 0.3) is 10.9 Å². The third-order valence-corrected chi connectivity index (χ3v) is 7.93. The molecule has 0 saturated carbocycles. The lowest BCUT2D eigenvalue weighted by Crippen LogP contribution is -2.31. The molecule has 0 amide bonds. The predicted molar refractivity (Wildman–Crippen MR) is 151 cm³/mol. The lowest BCUT2D eigenvalue weighted by atomic mass is 9.81. The van der Waals surface area contributed by atoms with Crippen LogP contribution in [0.4, 0.5) is 4.39 Å². The van der Waals surface area contributed by atoms with Crippen molar-refractivity contribution in [3.63, 3.8) is 0 Å². The van der Waals surface area contributed by atoms with E-state index in [1.165, 1.54) is 23.3 Å². The molecule has 6 heteroatoms. The van der Waals surface area contributed by atoms with Crippen LogP contribution in [0.2, 0.25) is 5.02 Å². The average molecular weight is 528 g/mol. The zero-order chi connectivity index (χ0) is 26.7. The summed E-state index contributed by atoms with van der Waals surface area (Å²) in [6.07, 6.45) is 6.49. The Morgan fingerprint density at radius 3 is 2.76 bits per heavy atom. The lowest BCUT2D eigenvalue weighted by Gasteiger charge is -2.32. The number of hydrogen-bond acceptors (Lipinski definition) is 3. The van der Waals surface area contributed by atoms with Crippen LogP contribution in [0, 0.1) is 24.1 Å². The molecule has 0 aliphatic carbocycles. The number of fused-ring (bicyclic) bond motifs is 2. The molecule has 1 unspecified atom stereocenters. The minimum absolute atomic E-state index is 0.272. The number of nitrogens with zero attached hydrogens (tertiary/aromatic N) is 2. The van der Waals surface area contributed by atoms with Gasteiger partial charge in [-0.3, -0.25) is 4.90 Å². The normalized spacial score (nSPS) is 16.6. The van der Waals surface area contributed by atoms with E-state index >= 15 is 0 Å². The molecule has 0 bridgehead atoms. The number of nitrogens with one attached hydrogen (secondary N) is 1. The first-order chi connectivity index (χ1) is 18.4. The summed E-state index contributed by atoms with van der Waals surface area (Å²) in [7, 11) is 0. The van der Waals surface area contributed by atoms with Crippen molar-refractivity contribution >= 4 is 22.5 Å². The zero-order valence-electron chi connectivity index (χ0n) is 21.6. The van der Waals surface area contributed by atoms with Crippen molar-refractivity contribution in [3.8, 4) is 6.07 Å². The zero-order valence-corrected chi connectivity index (χ0v) is 22.3. The summed E-state index contributed by atoms with van der Waals surface area (Å²) in [5, 5.41) is 11.2. The topological polar surface area (TPSA) is 52.0 Å². The maximum atomic E-state index is 13.8. The Kier molecular flexibility index (Phi) is 7.67. The van der Waals surface area contributed by atoms with E-state index in [0.29, 0.717) is 12.2 Å². The van der Waals surface area contributed by atoms with Crippen LogP contribution in [0.3, 0.4) is 0 Å². The van der Waals surface area contributed by atoms with Gasteiger partial charge in [-0.15, -0.1) is 6.58 Å². The van der Waals surface area contributed by atoms with Crippen LogP contribution in [-0.2, 0) is 23.4 Å². The molecule has 38 heavy (non-hydrogen) atoms. The number of ether oxygens (including phenoxy) is 1. The maximum absolute atomic E-state index is 13.8. The fraction of sp³-hybridized carbons (Fsp3) is 0.281. The molecule has 1 aromatic heterocycles. The minimum Gasteiger partial charge on any atom is -0.361 e. The number of benzene rings is 3. The third-order valence-electron chi connectivity index (χ3n) is 7.62. The molecule has 3 aromatic carbocycles. The first-order valence-corrected chi connectivity index (χ1v) is 13.3. The first kappa shape index (κ1) is 26.2. The molecule has 1 atom stereocenters. The van der Waals surface area contributed by atoms with Crippen molar-refractivity contribution in [2.75, 3.05) is 19.6 Å². The molecule has 1 aliphatic rings. The van der Waals surface area contributed by atoms with Gasteiger partial charge in [0.15, 0.2) is 0 Å². The van der Waals surface area contributed by atoms with E-state index in [2.05, 4.69) is 35.7 Å². The minimum atomic E-state index is -0.668. The number of aryl methyl sites for hydroxylation is 1. The first-order valence-electron chi connectivity index (χ1n) is 13.0. The Morgan fingerprint density at radius 1 is 1.18 bits per heavy atom. The van der Waals surface area contributed by atoms with E-state index in [1.807, 2.05) is 48.5 Å². The number of aromatic amines is 1. The summed E-state index contributed by atoms with van der Waals surface area (Å²) in [5.74, 6) is -0.272. The molecular formula is C32H31ClFN3O. The fourth-order valence-electron chi connectivity index (χ4n) is 5.68. The van der Waals surface area contributed by atoms with Crippen LogP contribution >= 0.6 is 11.6 Å². The molecule has 194 valence electrons. The SMILES string of the molecule is C=CCN(CCCC1(c2ccc(F)cc2)OCc2cc(C#N)ccc21)CCc1c[nH]c2c(C)ccc(Cl)c12. The molecule has 1 N–H and O–H groups in total. The van der Waals surface area contributed by atoms with E-state index in [4.69, 9.17) is 16.3 Å². The summed E-state index contributed by atoms with van der Waals surface area (Å²) in [5.41, 5.74) is 6.45. The van der Waals surface area contributed by atoms with E-state index in [9.17, 15) is 9.65 Å². The second kappa shape index (κ2) is 11.1. The second-order valence-electron chi connectivity index (χ2n) is 9.98. The van der Waals surface area contributed by atoms with Gasteiger partial charge in [0.25, 0.3) is 0 Å². The van der Waals surface area contributed by atoms with Crippen molar-refractivity contribution in [2.45, 2.75) is 38.4 Å². The summed E-state index contributed by atoms with van der Waals surface area (Å²) >= 11 is 6.55. The van der Waals surface area contributed by atoms with Crippen molar-refractivity contribution in [1.29, 1.82) is 5.26 Å². The summed E-state index contributed by atoms with van der Waals surface area (Å²) in [6.45, 7) is 8.99. The van der Waals surface area contributed by atoms with E-state index in [1.54, 1.807) is 0 Å². The molecule has 0 radical (unpaired) electrons. The number of nitriles is 1. The summed E-state index contributed by atoms with van der Waals surface area (Å²) in [4.78, 5) is 5.78. The molecule has 2 heterocycles. The van der Waals surface area contributed by atoms with Gasteiger partial charge in [-0.1, -0.05) is 41.9 Å². The number of halogens is 2. The predicted octanol–water partition coefficient (Wildman–Crippen LogP) is 7.43. The monoisotopic (exact) mass is 527 g/mol. The maximum Gasteiger partial charge on any atom is 0.123 e. The average Bonchev–Trinajstić information content (AvgIpc) is 3.53. The van der Waals surface area contributed by atoms with E-state index in [-0.39, 0.29) is 5.82 Å². The van der Waals surface area contributed by atoms with Gasteiger partial charge in [-0.05, 0) is 90.9 Å². The van der Waals surface area contributed by atoms with Crippen molar-refractivity contribution in [2.24, 2.45) is 0 Å². The molecule has 0 saturated heterocycles. The summed E-state index contributed by atoms with van der Waals surface area (Å²) in [6, 6.07) is 18.5. The van der Waals surface area contributed by atoms with Crippen molar-refractivity contribution in [1.82, 2.24) is 9.88 Å². The van der Waals surface area contributed by atoms with E-state index in [0.717, 1.165) is 71.5 Å². The molecule has 4 aromatic rings. The Bertz CT molecular complexity index is 1500. The molecular weight excluding hydrogens is 497 g/mol. The second-order valence-corrected chi connectivity index (χ2v) is 10.4. The number of H-pyrrole nitrogens is 1. The standard InChI is InChI=1S/C32H31ClFN3O/c1-3-15-37(17-13-24-20-36-31-22(2)5-12-29(33)30(24)31)16-4-14-32(26-7-9-27(34)10-8-26)28-11-6-23(19-35)18-25(28)21-38-32/h3,5-12,18,20,36H,1,4,13-17,21H2,2H3. The van der Waals surface area contributed by atoms with Crippen LogP contribution in [-0.4, -0.2) is 29.5 Å². The third kappa shape index (κ3) is 5.00. The highest BCUT2D eigenvalue weighted by molar-refractivity contribution is 6.35. The Balaban J connectivity index is 1.33. The molecule has 0 spiro atoms. The lowest BCUT2D eigenvalue weighted by molar-refractivity contribution is -0.0144. The molecule has 1 aliphatic heterocycles. The fourth-order valence-corrected chi connectivity index (χ4v) is 5.96. The Labute approximate surface area is 228 Å². The molecule has 0 fully saturated rings. The highest BCUT2D eigenvalue weighted by atomic mass is 35.5. The van der Waals surface area contributed by atoms with Crippen molar-refractivity contribution in [3.05, 3.63) is 118 Å². The largest absolute Gasteiger partial charge is 0.361 e. The Hall–Kier alpha value is -3.43. The van der Waals surface area contributed by atoms with E-state index < -0.39 is 5.60 Å². The smallest absolute Gasteiger partial charge is 0.123 e. The van der Waals surface area contributed by atoms with Gasteiger partial charge < -0.3 is 9.72 Å².